The van der Waals surface area contributed by atoms with E-state index in [1.54, 1.807) is 6.92 Å². The van der Waals surface area contributed by atoms with Gasteiger partial charge in [0.15, 0.2) is 0 Å². The van der Waals surface area contributed by atoms with E-state index in [0.29, 0.717) is 6.42 Å². The highest BCUT2D eigenvalue weighted by atomic mass is 16.5. The molecule has 0 radical (unpaired) electrons. The third-order valence-electron chi connectivity index (χ3n) is 2.50. The molecule has 1 aromatic carbocycles. The summed E-state index contributed by atoms with van der Waals surface area (Å²) < 4.78 is 4.67. The molecule has 0 spiro atoms. The summed E-state index contributed by atoms with van der Waals surface area (Å²) in [6.07, 6.45) is 0.381. The fourth-order valence-corrected chi connectivity index (χ4v) is 1.49. The van der Waals surface area contributed by atoms with Gasteiger partial charge in [-0.2, -0.15) is 0 Å². The third kappa shape index (κ3) is 4.18. The van der Waals surface area contributed by atoms with Gasteiger partial charge in [-0.15, -0.1) is 0 Å². The summed E-state index contributed by atoms with van der Waals surface area (Å²) in [7, 11) is 1.29. The largest absolute Gasteiger partial charge is 0.467 e. The molecule has 0 fully saturated rings. The zero-order chi connectivity index (χ0) is 13.5. The number of rotatable bonds is 5. The van der Waals surface area contributed by atoms with E-state index in [0.717, 1.165) is 5.56 Å². The molecule has 1 amide bonds. The summed E-state index contributed by atoms with van der Waals surface area (Å²) in [4.78, 5) is 23.1. The Morgan fingerprint density at radius 3 is 2.44 bits per heavy atom. The molecule has 1 rings (SSSR count). The van der Waals surface area contributed by atoms with Crippen molar-refractivity contribution >= 4 is 11.9 Å². The van der Waals surface area contributed by atoms with E-state index in [9.17, 15) is 9.59 Å². The van der Waals surface area contributed by atoms with Gasteiger partial charge >= 0.3 is 5.97 Å². The maximum absolute atomic E-state index is 11.6. The van der Waals surface area contributed by atoms with Crippen molar-refractivity contribution in [3.05, 3.63) is 35.9 Å². The molecule has 3 N–H and O–H groups in total. The number of nitrogens with two attached hydrogens (primary N) is 1. The molecule has 1 unspecified atom stereocenters. The first-order valence-electron chi connectivity index (χ1n) is 5.72. The molecule has 0 aliphatic carbocycles. The fraction of sp³-hybridized carbons (Fsp3) is 0.385. The number of amides is 1. The molecule has 0 saturated carbocycles. The van der Waals surface area contributed by atoms with Crippen LogP contribution in [0, 0.1) is 0 Å². The first-order chi connectivity index (χ1) is 8.54. The topological polar surface area (TPSA) is 81.4 Å². The molecule has 0 saturated heterocycles. The monoisotopic (exact) mass is 250 g/mol. The standard InChI is InChI=1S/C13H18N2O3/c1-9(14)12(16)15-11(13(17)18-2)8-10-6-4-3-5-7-10/h3-7,9,11H,8,14H2,1-2H3,(H,15,16)/t9-,11?/m0/s1. The zero-order valence-corrected chi connectivity index (χ0v) is 10.6. The lowest BCUT2D eigenvalue weighted by Crippen LogP contribution is -2.48. The highest BCUT2D eigenvalue weighted by molar-refractivity contribution is 5.87. The molecule has 5 heteroatoms. The molecular weight excluding hydrogens is 232 g/mol. The Hall–Kier alpha value is -1.88. The van der Waals surface area contributed by atoms with E-state index in [2.05, 4.69) is 10.1 Å². The number of benzene rings is 1. The minimum absolute atomic E-state index is 0.374. The van der Waals surface area contributed by atoms with E-state index in [4.69, 9.17) is 5.73 Å². The van der Waals surface area contributed by atoms with E-state index in [-0.39, 0.29) is 5.91 Å². The number of esters is 1. The number of ether oxygens (including phenoxy) is 1. The van der Waals surface area contributed by atoms with Crippen molar-refractivity contribution in [1.29, 1.82) is 0 Å². The van der Waals surface area contributed by atoms with Crippen LogP contribution in [0.1, 0.15) is 12.5 Å². The van der Waals surface area contributed by atoms with Gasteiger partial charge in [-0.05, 0) is 12.5 Å². The summed E-state index contributed by atoms with van der Waals surface area (Å²) >= 11 is 0. The average Bonchev–Trinajstić information content (AvgIpc) is 2.38. The number of hydrogen-bond donors (Lipinski definition) is 2. The number of hydrogen-bond acceptors (Lipinski definition) is 4. The molecular formula is C13H18N2O3. The molecule has 0 heterocycles. The van der Waals surface area contributed by atoms with Crippen LogP contribution in [-0.2, 0) is 20.7 Å². The first-order valence-corrected chi connectivity index (χ1v) is 5.72. The van der Waals surface area contributed by atoms with Gasteiger partial charge in [0.05, 0.1) is 13.2 Å². The Morgan fingerprint density at radius 2 is 1.94 bits per heavy atom. The lowest BCUT2D eigenvalue weighted by Gasteiger charge is -2.17. The quantitative estimate of drug-likeness (QED) is 0.733. The van der Waals surface area contributed by atoms with Gasteiger partial charge in [0, 0.05) is 6.42 Å². The van der Waals surface area contributed by atoms with Crippen LogP contribution in [0.3, 0.4) is 0 Å². The number of methoxy groups -OCH3 is 1. The van der Waals surface area contributed by atoms with E-state index >= 15 is 0 Å². The minimum atomic E-state index is -0.712. The first kappa shape index (κ1) is 14.2. The molecule has 0 aliphatic rings. The minimum Gasteiger partial charge on any atom is -0.467 e. The Kier molecular flexibility index (Phi) is 5.32. The summed E-state index contributed by atoms with van der Waals surface area (Å²) in [5.41, 5.74) is 6.40. The normalized spacial score (nSPS) is 13.5. The number of carbonyl (C=O) groups is 2. The molecule has 0 bridgehead atoms. The average molecular weight is 250 g/mol. The van der Waals surface area contributed by atoms with Gasteiger partial charge in [0.25, 0.3) is 0 Å². The molecule has 1 aromatic rings. The van der Waals surface area contributed by atoms with Crippen LogP contribution in [0.25, 0.3) is 0 Å². The van der Waals surface area contributed by atoms with Crippen LogP contribution in [0.15, 0.2) is 30.3 Å². The summed E-state index contributed by atoms with van der Waals surface area (Å²) in [6.45, 7) is 1.56. The predicted octanol–water partition coefficient (Wildman–Crippen LogP) is 0.234. The highest BCUT2D eigenvalue weighted by Crippen LogP contribution is 2.04. The molecule has 5 nitrogen and oxygen atoms in total. The van der Waals surface area contributed by atoms with Crippen molar-refractivity contribution in [3.8, 4) is 0 Å². The lowest BCUT2D eigenvalue weighted by atomic mass is 10.1. The van der Waals surface area contributed by atoms with E-state index in [1.807, 2.05) is 30.3 Å². The van der Waals surface area contributed by atoms with Crippen molar-refractivity contribution in [2.24, 2.45) is 5.73 Å². The Morgan fingerprint density at radius 1 is 1.33 bits per heavy atom. The van der Waals surface area contributed by atoms with Gasteiger partial charge in [0.1, 0.15) is 6.04 Å². The smallest absolute Gasteiger partial charge is 0.328 e. The molecule has 18 heavy (non-hydrogen) atoms. The third-order valence-corrected chi connectivity index (χ3v) is 2.50. The van der Waals surface area contributed by atoms with E-state index in [1.165, 1.54) is 7.11 Å². The SMILES string of the molecule is COC(=O)C(Cc1ccccc1)NC(=O)[C@H](C)N. The maximum Gasteiger partial charge on any atom is 0.328 e. The van der Waals surface area contributed by atoms with Crippen LogP contribution in [0.4, 0.5) is 0 Å². The highest BCUT2D eigenvalue weighted by Gasteiger charge is 2.23. The Bertz CT molecular complexity index is 404. The molecule has 0 aliphatic heterocycles. The van der Waals surface area contributed by atoms with Crippen LogP contribution in [0.2, 0.25) is 0 Å². The van der Waals surface area contributed by atoms with Crippen LogP contribution < -0.4 is 11.1 Å². The fourth-order valence-electron chi connectivity index (χ4n) is 1.49. The van der Waals surface area contributed by atoms with Crippen molar-refractivity contribution in [2.75, 3.05) is 7.11 Å². The van der Waals surface area contributed by atoms with Gasteiger partial charge in [-0.3, -0.25) is 4.79 Å². The second kappa shape index (κ2) is 6.76. The number of nitrogens with one attached hydrogen (secondary N) is 1. The lowest BCUT2D eigenvalue weighted by molar-refractivity contribution is -0.145. The predicted molar refractivity (Wildman–Crippen MR) is 67.7 cm³/mol. The van der Waals surface area contributed by atoms with Crippen molar-refractivity contribution in [2.45, 2.75) is 25.4 Å². The van der Waals surface area contributed by atoms with Gasteiger partial charge < -0.3 is 15.8 Å². The zero-order valence-electron chi connectivity index (χ0n) is 10.6. The van der Waals surface area contributed by atoms with Crippen molar-refractivity contribution < 1.29 is 14.3 Å². The second-order valence-electron chi connectivity index (χ2n) is 4.06. The maximum atomic E-state index is 11.6. The molecule has 2 atom stereocenters. The number of carbonyl (C=O) groups excluding carboxylic acids is 2. The van der Waals surface area contributed by atoms with Gasteiger partial charge in [-0.25, -0.2) is 4.79 Å². The van der Waals surface area contributed by atoms with Crippen LogP contribution >= 0.6 is 0 Å². The van der Waals surface area contributed by atoms with E-state index < -0.39 is 18.1 Å². The summed E-state index contributed by atoms with van der Waals surface area (Å²) in [5, 5.41) is 2.58. The summed E-state index contributed by atoms with van der Waals surface area (Å²) in [6, 6.07) is 8.02. The second-order valence-corrected chi connectivity index (χ2v) is 4.06. The van der Waals surface area contributed by atoms with Gasteiger partial charge in [0.2, 0.25) is 5.91 Å². The van der Waals surface area contributed by atoms with Crippen LogP contribution in [0.5, 0.6) is 0 Å². The Labute approximate surface area is 106 Å². The molecule has 0 aromatic heterocycles. The van der Waals surface area contributed by atoms with Crippen molar-refractivity contribution in [3.63, 3.8) is 0 Å². The molecule has 98 valence electrons. The van der Waals surface area contributed by atoms with Crippen LogP contribution in [-0.4, -0.2) is 31.1 Å². The summed E-state index contributed by atoms with van der Waals surface area (Å²) in [5.74, 6) is -0.853. The Balaban J connectivity index is 2.73. The van der Waals surface area contributed by atoms with Gasteiger partial charge in [-0.1, -0.05) is 30.3 Å². The van der Waals surface area contributed by atoms with Crippen molar-refractivity contribution in [1.82, 2.24) is 5.32 Å².